The quantitative estimate of drug-likeness (QED) is 0.901. The van der Waals surface area contributed by atoms with Crippen molar-refractivity contribution in [2.75, 3.05) is 0 Å². The summed E-state index contributed by atoms with van der Waals surface area (Å²) in [5.41, 5.74) is 0.750. The molecule has 1 amide bonds. The third kappa shape index (κ3) is 4.17. The maximum atomic E-state index is 12.4. The number of halogens is 2. The van der Waals surface area contributed by atoms with E-state index in [1.165, 1.54) is 12.1 Å². The van der Waals surface area contributed by atoms with Crippen LogP contribution in [0, 0.1) is 0 Å². The molecule has 0 fully saturated rings. The fraction of sp³-hybridized carbons (Fsp3) is 0.278. The highest BCUT2D eigenvalue weighted by atomic mass is 19.3. The molecule has 1 N–H and O–H groups in total. The number of hydrogen-bond acceptors (Lipinski definition) is 4. The number of ether oxygens (including phenoxy) is 3. The van der Waals surface area contributed by atoms with Gasteiger partial charge in [0.2, 0.25) is 6.10 Å². The van der Waals surface area contributed by atoms with Gasteiger partial charge in [0.25, 0.3) is 5.91 Å². The smallest absolute Gasteiger partial charge is 0.387 e. The molecule has 0 unspecified atom stereocenters. The number of carbonyl (C=O) groups excluding carboxylic acids is 1. The second-order valence-electron chi connectivity index (χ2n) is 5.55. The number of alkyl halides is 2. The van der Waals surface area contributed by atoms with E-state index in [2.05, 4.69) is 10.1 Å². The molecular weight excluding hydrogens is 332 g/mol. The van der Waals surface area contributed by atoms with Gasteiger partial charge in [-0.15, -0.1) is 0 Å². The van der Waals surface area contributed by atoms with Crippen LogP contribution in [0.2, 0.25) is 0 Å². The summed E-state index contributed by atoms with van der Waals surface area (Å²) in [5, 5.41) is 2.76. The number of carbonyl (C=O) groups is 1. The maximum absolute atomic E-state index is 12.4. The zero-order valence-corrected chi connectivity index (χ0v) is 13.4. The van der Waals surface area contributed by atoms with Gasteiger partial charge in [-0.05, 0) is 36.8 Å². The van der Waals surface area contributed by atoms with Crippen molar-refractivity contribution in [2.45, 2.75) is 32.3 Å². The zero-order chi connectivity index (χ0) is 17.8. The summed E-state index contributed by atoms with van der Waals surface area (Å²) < 4.78 is 39.9. The van der Waals surface area contributed by atoms with Gasteiger partial charge in [0.1, 0.15) is 11.9 Å². The minimum atomic E-state index is -2.86. The lowest BCUT2D eigenvalue weighted by Crippen LogP contribution is -2.48. The third-order valence-corrected chi connectivity index (χ3v) is 3.72. The van der Waals surface area contributed by atoms with Gasteiger partial charge in [-0.25, -0.2) is 0 Å². The zero-order valence-electron chi connectivity index (χ0n) is 13.4. The van der Waals surface area contributed by atoms with Gasteiger partial charge in [-0.1, -0.05) is 24.3 Å². The van der Waals surface area contributed by atoms with Gasteiger partial charge < -0.3 is 19.5 Å². The van der Waals surface area contributed by atoms with Gasteiger partial charge in [-0.3, -0.25) is 4.79 Å². The SMILES string of the molecule is C[C@@H]1Oc2ccccc2O[C@@H]1C(=O)NCc1ccc(OC(F)F)cc1. The van der Waals surface area contributed by atoms with Crippen molar-refractivity contribution >= 4 is 5.91 Å². The fourth-order valence-corrected chi connectivity index (χ4v) is 2.48. The summed E-state index contributed by atoms with van der Waals surface area (Å²) in [7, 11) is 0. The molecule has 1 heterocycles. The molecule has 0 aromatic heterocycles. The van der Waals surface area contributed by atoms with Crippen molar-refractivity contribution in [3.8, 4) is 17.2 Å². The fourth-order valence-electron chi connectivity index (χ4n) is 2.48. The predicted molar refractivity (Wildman–Crippen MR) is 85.9 cm³/mol. The summed E-state index contributed by atoms with van der Waals surface area (Å²) in [5.74, 6) is 0.886. The van der Waals surface area contributed by atoms with E-state index in [9.17, 15) is 13.6 Å². The molecule has 3 rings (SSSR count). The summed E-state index contributed by atoms with van der Waals surface area (Å²) in [6.07, 6.45) is -1.20. The van der Waals surface area contributed by atoms with Crippen LogP contribution in [-0.4, -0.2) is 24.7 Å². The molecule has 2 aromatic rings. The summed E-state index contributed by atoms with van der Waals surface area (Å²) >= 11 is 0. The van der Waals surface area contributed by atoms with Crippen LogP contribution in [0.1, 0.15) is 12.5 Å². The minimum absolute atomic E-state index is 0.0688. The number of hydrogen-bond donors (Lipinski definition) is 1. The highest BCUT2D eigenvalue weighted by Gasteiger charge is 2.33. The third-order valence-electron chi connectivity index (χ3n) is 3.72. The maximum Gasteiger partial charge on any atom is 0.387 e. The first-order chi connectivity index (χ1) is 12.0. The molecule has 1 aliphatic heterocycles. The average molecular weight is 349 g/mol. The first-order valence-electron chi connectivity index (χ1n) is 7.77. The van der Waals surface area contributed by atoms with E-state index in [0.29, 0.717) is 11.5 Å². The Kier molecular flexibility index (Phi) is 5.02. The van der Waals surface area contributed by atoms with Gasteiger partial charge in [0, 0.05) is 6.54 Å². The lowest BCUT2D eigenvalue weighted by atomic mass is 10.1. The van der Waals surface area contributed by atoms with Gasteiger partial charge in [0.15, 0.2) is 11.5 Å². The molecule has 7 heteroatoms. The predicted octanol–water partition coefficient (Wildman–Crippen LogP) is 3.13. The number of rotatable bonds is 5. The molecular formula is C18H17F2NO4. The molecule has 25 heavy (non-hydrogen) atoms. The van der Waals surface area contributed by atoms with E-state index < -0.39 is 18.8 Å². The monoisotopic (exact) mass is 349 g/mol. The minimum Gasteiger partial charge on any atom is -0.482 e. The normalized spacial score (nSPS) is 18.7. The molecule has 2 atom stereocenters. The van der Waals surface area contributed by atoms with Crippen molar-refractivity contribution < 1.29 is 27.8 Å². The van der Waals surface area contributed by atoms with E-state index in [1.54, 1.807) is 37.3 Å². The molecule has 0 saturated heterocycles. The van der Waals surface area contributed by atoms with Crippen LogP contribution in [0.15, 0.2) is 48.5 Å². The Balaban J connectivity index is 1.57. The molecule has 132 valence electrons. The van der Waals surface area contributed by atoms with Crippen LogP contribution in [0.4, 0.5) is 8.78 Å². The summed E-state index contributed by atoms with van der Waals surface area (Å²) in [4.78, 5) is 12.4. The number of fused-ring (bicyclic) bond motifs is 1. The lowest BCUT2D eigenvalue weighted by molar-refractivity contribution is -0.133. The van der Waals surface area contributed by atoms with Crippen molar-refractivity contribution in [3.05, 3.63) is 54.1 Å². The van der Waals surface area contributed by atoms with Crippen molar-refractivity contribution in [3.63, 3.8) is 0 Å². The molecule has 0 radical (unpaired) electrons. The summed E-state index contributed by atoms with van der Waals surface area (Å²) in [6, 6.07) is 13.2. The van der Waals surface area contributed by atoms with Crippen molar-refractivity contribution in [2.24, 2.45) is 0 Å². The highest BCUT2D eigenvalue weighted by Crippen LogP contribution is 2.33. The Morgan fingerprint density at radius 2 is 1.76 bits per heavy atom. The molecule has 0 spiro atoms. The molecule has 0 saturated carbocycles. The first-order valence-corrected chi connectivity index (χ1v) is 7.77. The highest BCUT2D eigenvalue weighted by molar-refractivity contribution is 5.82. The van der Waals surface area contributed by atoms with Crippen molar-refractivity contribution in [1.82, 2.24) is 5.32 Å². The van der Waals surface area contributed by atoms with E-state index in [-0.39, 0.29) is 18.2 Å². The van der Waals surface area contributed by atoms with E-state index in [4.69, 9.17) is 9.47 Å². The van der Waals surface area contributed by atoms with Gasteiger partial charge in [-0.2, -0.15) is 8.78 Å². The first kappa shape index (κ1) is 17.0. The largest absolute Gasteiger partial charge is 0.482 e. The Morgan fingerprint density at radius 1 is 1.12 bits per heavy atom. The summed E-state index contributed by atoms with van der Waals surface area (Å²) in [6.45, 7) is -0.864. The lowest BCUT2D eigenvalue weighted by Gasteiger charge is -2.31. The second-order valence-corrected chi connectivity index (χ2v) is 5.55. The Labute approximate surface area is 143 Å². The van der Waals surface area contributed by atoms with E-state index >= 15 is 0 Å². The molecule has 0 aliphatic carbocycles. The van der Waals surface area contributed by atoms with Gasteiger partial charge in [0.05, 0.1) is 0 Å². The van der Waals surface area contributed by atoms with Crippen LogP contribution in [0.25, 0.3) is 0 Å². The van der Waals surface area contributed by atoms with Crippen molar-refractivity contribution in [1.29, 1.82) is 0 Å². The standard InChI is InChI=1S/C18H17F2NO4/c1-11-16(25-15-5-3-2-4-14(15)23-11)17(22)21-10-12-6-8-13(9-7-12)24-18(19)20/h2-9,11,16,18H,10H2,1H3,(H,21,22)/t11-,16-/m0/s1. The molecule has 5 nitrogen and oxygen atoms in total. The number of para-hydroxylation sites is 2. The van der Waals surface area contributed by atoms with Crippen LogP contribution in [0.5, 0.6) is 17.2 Å². The number of amides is 1. The van der Waals surface area contributed by atoms with E-state index in [1.807, 2.05) is 6.07 Å². The van der Waals surface area contributed by atoms with Crippen LogP contribution in [0.3, 0.4) is 0 Å². The topological polar surface area (TPSA) is 56.8 Å². The number of nitrogens with one attached hydrogen (secondary N) is 1. The van der Waals surface area contributed by atoms with Gasteiger partial charge >= 0.3 is 6.61 Å². The number of benzene rings is 2. The average Bonchev–Trinajstić information content (AvgIpc) is 2.60. The molecule has 2 aromatic carbocycles. The van der Waals surface area contributed by atoms with Crippen LogP contribution < -0.4 is 19.5 Å². The van der Waals surface area contributed by atoms with E-state index in [0.717, 1.165) is 5.56 Å². The second kappa shape index (κ2) is 7.38. The molecule has 1 aliphatic rings. The Hall–Kier alpha value is -2.83. The molecule has 0 bridgehead atoms. The van der Waals surface area contributed by atoms with Crippen LogP contribution >= 0.6 is 0 Å². The Bertz CT molecular complexity index is 736. The van der Waals surface area contributed by atoms with Crippen LogP contribution in [-0.2, 0) is 11.3 Å². The Morgan fingerprint density at radius 3 is 2.40 bits per heavy atom.